The Bertz CT molecular complexity index is 2940. The van der Waals surface area contributed by atoms with Crippen LogP contribution in [0.25, 0.3) is 22.3 Å². The molecule has 24 nitrogen and oxygen atoms in total. The van der Waals surface area contributed by atoms with Gasteiger partial charge in [-0.15, -0.1) is 0 Å². The number of phosphoric ester groups is 1. The number of aromatic amines is 1. The van der Waals surface area contributed by atoms with Crippen LogP contribution in [0.1, 0.15) is 34.6 Å². The largest absolute Gasteiger partial charge is 0.508 e. The summed E-state index contributed by atoms with van der Waals surface area (Å²) in [5.41, 5.74) is 11.4. The molecule has 27 heteroatoms. The van der Waals surface area contributed by atoms with Crippen molar-refractivity contribution in [2.75, 3.05) is 31.8 Å². The number of aliphatic hydroxyl groups is 1. The van der Waals surface area contributed by atoms with Gasteiger partial charge in [-0.1, -0.05) is 12.1 Å². The minimum Gasteiger partial charge on any atom is -0.508 e. The van der Waals surface area contributed by atoms with Gasteiger partial charge in [-0.3, -0.25) is 32.4 Å². The van der Waals surface area contributed by atoms with Crippen LogP contribution in [0.2, 0.25) is 0 Å². The Balaban J connectivity index is 0.980. The normalized spacial score (nSPS) is 32.6. The third kappa shape index (κ3) is 7.54. The Morgan fingerprint density at radius 3 is 2.52 bits per heavy atom. The molecular weight excluding hydrogens is 902 g/mol. The van der Waals surface area contributed by atoms with Crippen LogP contribution in [0.3, 0.4) is 0 Å². The lowest BCUT2D eigenvalue weighted by Crippen LogP contribution is -2.38. The summed E-state index contributed by atoms with van der Waals surface area (Å²) in [6, 6.07) is 11.2. The molecular formula is C37H38N10O14P2S. The van der Waals surface area contributed by atoms with Gasteiger partial charge in [-0.25, -0.2) is 33.9 Å². The molecule has 6 aromatic rings. The van der Waals surface area contributed by atoms with Gasteiger partial charge in [0.25, 0.3) is 5.56 Å². The molecule has 2 saturated carbocycles. The number of aromatic nitrogens is 8. The van der Waals surface area contributed by atoms with E-state index in [1.807, 2.05) is 0 Å². The van der Waals surface area contributed by atoms with E-state index in [-0.39, 0.29) is 57.7 Å². The summed E-state index contributed by atoms with van der Waals surface area (Å²) in [5, 5.41) is 21.7. The van der Waals surface area contributed by atoms with Crippen LogP contribution in [0.5, 0.6) is 11.5 Å². The summed E-state index contributed by atoms with van der Waals surface area (Å²) in [6.45, 7) is -5.43. The van der Waals surface area contributed by atoms with Crippen molar-refractivity contribution in [3.8, 4) is 11.5 Å². The summed E-state index contributed by atoms with van der Waals surface area (Å²) in [7, 11) is -3.75. The van der Waals surface area contributed by atoms with Crippen molar-refractivity contribution in [2.24, 2.45) is 11.3 Å². The SMILES string of the molecule is CO[C@H]1[C@H]2OP(=O)(O)OC[C@@]34C[C@@H]3[C@@H](n3cnc5c(N)ncnc53)[C@H](O)[C@@H]4OP(=O)(SCc3ccc(OC(=O)c4ccc(O)cc4)cc3)OC[C@H]1O[C@H]2n1cnc2c(=O)[nH]c(N)nc21. The summed E-state index contributed by atoms with van der Waals surface area (Å²) < 4.78 is 74.1. The molecule has 0 amide bonds. The number of phenolic OH excluding ortho intramolecular Hbond substituents is 1. The molecule has 336 valence electrons. The van der Waals surface area contributed by atoms with Crippen molar-refractivity contribution in [1.29, 1.82) is 0 Å². The zero-order valence-corrected chi connectivity index (χ0v) is 35.8. The van der Waals surface area contributed by atoms with Gasteiger partial charge in [0, 0.05) is 18.3 Å². The van der Waals surface area contributed by atoms with Crippen LogP contribution >= 0.6 is 26.0 Å². The summed E-state index contributed by atoms with van der Waals surface area (Å²) in [5.74, 6) is -1.03. The number of nitrogens with two attached hydrogens (primary N) is 2. The first kappa shape index (κ1) is 42.6. The maximum Gasteiger partial charge on any atom is 0.472 e. The number of phenols is 1. The molecule has 2 aliphatic heterocycles. The van der Waals surface area contributed by atoms with Crippen molar-refractivity contribution in [1.82, 2.24) is 39.0 Å². The fourth-order valence-corrected chi connectivity index (χ4v) is 13.1. The van der Waals surface area contributed by atoms with Crippen LogP contribution < -0.4 is 21.8 Å². The third-order valence-corrected chi connectivity index (χ3v) is 16.4. The van der Waals surface area contributed by atoms with Crippen LogP contribution in [-0.4, -0.2) is 111 Å². The number of esters is 1. The van der Waals surface area contributed by atoms with Crippen LogP contribution in [0.15, 0.2) is 72.3 Å². The van der Waals surface area contributed by atoms with E-state index in [1.54, 1.807) is 28.8 Å². The molecule has 2 bridgehead atoms. The topological polar surface area (TPSA) is 336 Å². The van der Waals surface area contributed by atoms with Gasteiger partial charge in [-0.05, 0) is 65.7 Å². The van der Waals surface area contributed by atoms with Crippen LogP contribution in [-0.2, 0) is 42.5 Å². The maximum atomic E-state index is 15.3. The predicted molar refractivity (Wildman–Crippen MR) is 222 cm³/mol. The van der Waals surface area contributed by atoms with Gasteiger partial charge >= 0.3 is 20.6 Å². The predicted octanol–water partition coefficient (Wildman–Crippen LogP) is 2.84. The number of anilines is 2. The van der Waals surface area contributed by atoms with Gasteiger partial charge in [0.1, 0.15) is 53.9 Å². The van der Waals surface area contributed by atoms with Crippen molar-refractivity contribution in [2.45, 2.75) is 55.0 Å². The number of phosphoric acid groups is 1. The number of H-pyrrole nitrogens is 1. The van der Waals surface area contributed by atoms with E-state index in [1.165, 1.54) is 54.9 Å². The number of methoxy groups -OCH3 is 1. The van der Waals surface area contributed by atoms with E-state index in [0.29, 0.717) is 11.2 Å². The first-order valence-corrected chi connectivity index (χ1v) is 24.1. The Hall–Kier alpha value is -5.30. The fourth-order valence-electron chi connectivity index (χ4n) is 8.71. The third-order valence-electron chi connectivity index (χ3n) is 11.8. The highest BCUT2D eigenvalue weighted by Crippen LogP contribution is 2.74. The highest BCUT2D eigenvalue weighted by atomic mass is 32.7. The molecule has 4 aliphatic rings. The molecule has 1 spiro atoms. The second-order valence-electron chi connectivity index (χ2n) is 15.6. The van der Waals surface area contributed by atoms with E-state index in [4.69, 9.17) is 43.8 Å². The zero-order valence-electron chi connectivity index (χ0n) is 33.2. The van der Waals surface area contributed by atoms with Crippen molar-refractivity contribution < 1.29 is 61.3 Å². The van der Waals surface area contributed by atoms with Gasteiger partial charge in [0.15, 0.2) is 28.9 Å². The molecule has 11 atom stereocenters. The first-order valence-electron chi connectivity index (χ1n) is 19.5. The number of nitrogens with zero attached hydrogens (tertiary/aromatic N) is 7. The number of carbonyl (C=O) groups is 1. The number of rotatable bonds is 8. The standard InChI is InChI=1S/C37H38N10O14P2S/c1-55-27-22-11-56-63(54,64-12-17-2-8-20(9-3-17)58-35(51)18-4-6-19(48)7-5-18)61-29-26(49)25(46-15-42-23-30(38)40-14-41-31(23)46)21-10-37(21,29)13-57-62(52,53)60-28(27)34(59-22)47-16-43-24-32(47)44-36(39)45-33(24)50/h2-9,14-16,21-22,25-29,34,48-49H,10-13H2,1H3,(H,52,53)(H2,38,40,41)(H3,39,44,45,50)/t21-,22-,25-,26+,27-,28-,29+,34-,37+,63?/m1/s1. The van der Waals surface area contributed by atoms with E-state index in [0.717, 1.165) is 11.4 Å². The monoisotopic (exact) mass is 940 g/mol. The average molecular weight is 941 g/mol. The smallest absolute Gasteiger partial charge is 0.472 e. The number of aromatic hydroxyl groups is 1. The Kier molecular flexibility index (Phi) is 10.7. The number of fused-ring (bicyclic) bond motifs is 4. The lowest BCUT2D eigenvalue weighted by molar-refractivity contribution is -0.0600. The maximum absolute atomic E-state index is 15.3. The summed E-state index contributed by atoms with van der Waals surface area (Å²) >= 11 is 0.799. The van der Waals surface area contributed by atoms with Gasteiger partial charge in [0.05, 0.1) is 37.5 Å². The second-order valence-corrected chi connectivity index (χ2v) is 21.0. The van der Waals surface area contributed by atoms with Crippen molar-refractivity contribution >= 4 is 66.1 Å². The van der Waals surface area contributed by atoms with Crippen LogP contribution in [0, 0.1) is 11.3 Å². The second kappa shape index (κ2) is 16.0. The highest BCUT2D eigenvalue weighted by molar-refractivity contribution is 8.54. The van der Waals surface area contributed by atoms with Crippen LogP contribution in [0.4, 0.5) is 11.8 Å². The molecule has 10 rings (SSSR count). The lowest BCUT2D eigenvalue weighted by Gasteiger charge is -2.32. The van der Waals surface area contributed by atoms with E-state index in [2.05, 4.69) is 29.9 Å². The number of hydrogen-bond acceptors (Lipinski definition) is 21. The molecule has 8 N–H and O–H groups in total. The minimum atomic E-state index is -5.05. The number of carbonyl (C=O) groups excluding carboxylic acids is 1. The number of hydrogen-bond donors (Lipinski definition) is 6. The average Bonchev–Trinajstić information content (AvgIpc) is 3.55. The Morgan fingerprint density at radius 2 is 1.75 bits per heavy atom. The van der Waals surface area contributed by atoms with Gasteiger partial charge in [0.2, 0.25) is 5.95 Å². The zero-order chi connectivity index (χ0) is 44.7. The van der Waals surface area contributed by atoms with E-state index < -0.39 is 93.5 Å². The molecule has 64 heavy (non-hydrogen) atoms. The fraction of sp³-hybridized carbons (Fsp3) is 0.378. The molecule has 4 fully saturated rings. The molecule has 2 unspecified atom stereocenters. The molecule has 4 aromatic heterocycles. The summed E-state index contributed by atoms with van der Waals surface area (Å²) in [6.07, 6.45) is -3.69. The molecule has 0 radical (unpaired) electrons. The number of aliphatic hydroxyl groups excluding tert-OH is 1. The number of nitrogens with one attached hydrogen (secondary N) is 1. The minimum absolute atomic E-state index is 0.00387. The van der Waals surface area contributed by atoms with Gasteiger partial charge < -0.3 is 45.4 Å². The van der Waals surface area contributed by atoms with E-state index >= 15 is 4.57 Å². The number of ether oxygens (including phenoxy) is 3. The highest BCUT2D eigenvalue weighted by Gasteiger charge is 2.74. The Labute approximate surface area is 364 Å². The molecule has 2 aromatic carbocycles. The van der Waals surface area contributed by atoms with Crippen molar-refractivity contribution in [3.05, 3.63) is 89.0 Å². The lowest BCUT2D eigenvalue weighted by atomic mass is 10.0. The first-order chi connectivity index (χ1) is 30.7. The van der Waals surface area contributed by atoms with Gasteiger partial charge in [-0.2, -0.15) is 4.98 Å². The Morgan fingerprint density at radius 1 is 1.00 bits per heavy atom. The summed E-state index contributed by atoms with van der Waals surface area (Å²) in [4.78, 5) is 60.2. The quantitative estimate of drug-likeness (QED) is 0.0726. The molecule has 6 heterocycles. The van der Waals surface area contributed by atoms with E-state index in [9.17, 15) is 29.3 Å². The van der Waals surface area contributed by atoms with Crippen molar-refractivity contribution in [3.63, 3.8) is 0 Å². The number of nitrogen functional groups attached to an aromatic ring is 2. The molecule has 2 saturated heterocycles. The number of imidazole rings is 2. The molecule has 2 aliphatic carbocycles. The number of benzene rings is 2.